The second kappa shape index (κ2) is 16.4. The van der Waals surface area contributed by atoms with E-state index in [2.05, 4.69) is 85.0 Å². The molecule has 4 aromatic rings. The lowest BCUT2D eigenvalue weighted by atomic mass is 9.87. The van der Waals surface area contributed by atoms with Gasteiger partial charge in [0.25, 0.3) is 0 Å². The topological polar surface area (TPSA) is 49.0 Å². The number of halogens is 1. The summed E-state index contributed by atoms with van der Waals surface area (Å²) in [6, 6.07) is 31.7. The van der Waals surface area contributed by atoms with Crippen LogP contribution in [0.3, 0.4) is 0 Å². The Morgan fingerprint density at radius 3 is 2.44 bits per heavy atom. The molecule has 1 aliphatic heterocycles. The molecule has 0 aliphatic carbocycles. The molecule has 0 spiro atoms. The van der Waals surface area contributed by atoms with Crippen molar-refractivity contribution in [2.75, 3.05) is 32.9 Å². The molecule has 0 bridgehead atoms. The van der Waals surface area contributed by atoms with Gasteiger partial charge in [0.1, 0.15) is 11.5 Å². The number of para-hydroxylation sites is 1. The van der Waals surface area contributed by atoms with Gasteiger partial charge in [-0.05, 0) is 65.6 Å². The molecular weight excluding hydrogens is 534 g/mol. The summed E-state index contributed by atoms with van der Waals surface area (Å²) >= 11 is 0. The number of rotatable bonds is 14. The summed E-state index contributed by atoms with van der Waals surface area (Å²) in [6.07, 6.45) is 3.03. The molecule has 2 atom stereocenters. The van der Waals surface area contributed by atoms with E-state index in [9.17, 15) is 0 Å². The monoisotopic (exact) mass is 575 g/mol. The second-order valence-electron chi connectivity index (χ2n) is 10.4. The van der Waals surface area contributed by atoms with Crippen LogP contribution in [0.25, 0.3) is 10.8 Å². The summed E-state index contributed by atoms with van der Waals surface area (Å²) in [7, 11) is 0. The van der Waals surface area contributed by atoms with Crippen molar-refractivity contribution in [1.29, 1.82) is 0 Å². The maximum atomic E-state index is 6.46. The number of nitrogens with one attached hydrogen (secondary N) is 1. The second-order valence-corrected chi connectivity index (χ2v) is 10.4. The molecule has 0 radical (unpaired) electrons. The van der Waals surface area contributed by atoms with Crippen LogP contribution >= 0.6 is 12.4 Å². The molecule has 0 amide bonds. The van der Waals surface area contributed by atoms with E-state index >= 15 is 0 Å². The SMILES string of the molecule is CCCOc1ccccc1COCCCOc1ccc(C2CCNCC2OCc2ccc3ccccc3c2)cc1.Cl. The van der Waals surface area contributed by atoms with E-state index in [1.165, 1.54) is 21.9 Å². The van der Waals surface area contributed by atoms with Gasteiger partial charge in [-0.25, -0.2) is 0 Å². The highest BCUT2D eigenvalue weighted by atomic mass is 35.5. The maximum Gasteiger partial charge on any atom is 0.124 e. The molecule has 1 saturated heterocycles. The third-order valence-corrected chi connectivity index (χ3v) is 7.41. The van der Waals surface area contributed by atoms with Gasteiger partial charge in [0.15, 0.2) is 0 Å². The van der Waals surface area contributed by atoms with E-state index < -0.39 is 0 Å². The predicted molar refractivity (Wildman–Crippen MR) is 168 cm³/mol. The molecule has 218 valence electrons. The fraction of sp³-hybridized carbons (Fsp3) is 0.371. The minimum Gasteiger partial charge on any atom is -0.494 e. The molecule has 41 heavy (non-hydrogen) atoms. The van der Waals surface area contributed by atoms with Crippen LogP contribution in [-0.4, -0.2) is 39.0 Å². The number of hydrogen-bond acceptors (Lipinski definition) is 5. The highest BCUT2D eigenvalue weighted by molar-refractivity contribution is 5.85. The van der Waals surface area contributed by atoms with Crippen molar-refractivity contribution >= 4 is 23.2 Å². The first-order valence-electron chi connectivity index (χ1n) is 14.6. The van der Waals surface area contributed by atoms with E-state index in [0.29, 0.717) is 32.3 Å². The quantitative estimate of drug-likeness (QED) is 0.156. The summed E-state index contributed by atoms with van der Waals surface area (Å²) in [4.78, 5) is 0. The van der Waals surface area contributed by atoms with Gasteiger partial charge >= 0.3 is 0 Å². The Balaban J connectivity index is 0.00000387. The molecule has 1 fully saturated rings. The minimum atomic E-state index is 0. The lowest BCUT2D eigenvalue weighted by molar-refractivity contribution is 0.0106. The molecule has 0 saturated carbocycles. The Morgan fingerprint density at radius 1 is 0.780 bits per heavy atom. The summed E-state index contributed by atoms with van der Waals surface area (Å²) in [5, 5.41) is 6.03. The van der Waals surface area contributed by atoms with Crippen molar-refractivity contribution in [3.05, 3.63) is 108 Å². The standard InChI is InChI=1S/C35H41NO4.ClH/c1-2-20-39-34-11-6-5-10-31(34)26-37-21-7-22-38-32-16-14-29(15-17-32)33-18-19-36-24-35(33)40-25-27-12-13-28-8-3-4-9-30(28)23-27;/h3-6,8-17,23,33,35-36H,2,7,18-22,24-26H2,1H3;1H. The summed E-state index contributed by atoms with van der Waals surface area (Å²) in [5.74, 6) is 2.17. The normalized spacial score (nSPS) is 16.7. The summed E-state index contributed by atoms with van der Waals surface area (Å²) in [6.45, 7) is 7.15. The first kappa shape index (κ1) is 30.9. The Morgan fingerprint density at radius 2 is 1.59 bits per heavy atom. The molecule has 5 rings (SSSR count). The molecule has 0 aromatic heterocycles. The maximum absolute atomic E-state index is 6.46. The molecule has 4 aromatic carbocycles. The van der Waals surface area contributed by atoms with E-state index in [0.717, 1.165) is 56.0 Å². The highest BCUT2D eigenvalue weighted by Gasteiger charge is 2.27. The van der Waals surface area contributed by atoms with Crippen molar-refractivity contribution in [3.8, 4) is 11.5 Å². The smallest absolute Gasteiger partial charge is 0.124 e. The van der Waals surface area contributed by atoms with Crippen molar-refractivity contribution in [1.82, 2.24) is 5.32 Å². The zero-order valence-electron chi connectivity index (χ0n) is 23.9. The lowest BCUT2D eigenvalue weighted by Gasteiger charge is -2.32. The number of piperidine rings is 1. The van der Waals surface area contributed by atoms with E-state index in [1.807, 2.05) is 18.2 Å². The van der Waals surface area contributed by atoms with Crippen LogP contribution in [0.2, 0.25) is 0 Å². The Labute approximate surface area is 250 Å². The van der Waals surface area contributed by atoms with Crippen molar-refractivity contribution in [2.24, 2.45) is 0 Å². The van der Waals surface area contributed by atoms with Gasteiger partial charge in [-0.2, -0.15) is 0 Å². The van der Waals surface area contributed by atoms with Crippen LogP contribution in [0.4, 0.5) is 0 Å². The molecule has 1 aliphatic rings. The molecule has 1 N–H and O–H groups in total. The van der Waals surface area contributed by atoms with Crippen LogP contribution < -0.4 is 14.8 Å². The first-order chi connectivity index (χ1) is 19.8. The highest BCUT2D eigenvalue weighted by Crippen LogP contribution is 2.30. The number of fused-ring (bicyclic) bond motifs is 1. The Kier molecular flexibility index (Phi) is 12.3. The zero-order chi connectivity index (χ0) is 27.4. The van der Waals surface area contributed by atoms with E-state index in [-0.39, 0.29) is 18.5 Å². The van der Waals surface area contributed by atoms with E-state index in [4.69, 9.17) is 18.9 Å². The van der Waals surface area contributed by atoms with Crippen molar-refractivity contribution < 1.29 is 18.9 Å². The van der Waals surface area contributed by atoms with Gasteiger partial charge in [0.2, 0.25) is 0 Å². The molecule has 6 heteroatoms. The van der Waals surface area contributed by atoms with Gasteiger partial charge in [0, 0.05) is 24.4 Å². The van der Waals surface area contributed by atoms with Gasteiger partial charge in [0.05, 0.1) is 39.1 Å². The van der Waals surface area contributed by atoms with Gasteiger partial charge < -0.3 is 24.3 Å². The third kappa shape index (κ3) is 8.95. The van der Waals surface area contributed by atoms with Crippen LogP contribution in [0.5, 0.6) is 11.5 Å². The predicted octanol–water partition coefficient (Wildman–Crippen LogP) is 7.70. The van der Waals surface area contributed by atoms with Crippen LogP contribution in [0.1, 0.15) is 48.8 Å². The van der Waals surface area contributed by atoms with Crippen LogP contribution in [0, 0.1) is 0 Å². The Bertz CT molecular complexity index is 1330. The third-order valence-electron chi connectivity index (χ3n) is 7.41. The molecular formula is C35H42ClNO4. The Hall–Kier alpha value is -3.09. The number of ether oxygens (including phenoxy) is 4. The van der Waals surface area contributed by atoms with Gasteiger partial charge in [-0.3, -0.25) is 0 Å². The average molecular weight is 576 g/mol. The number of benzene rings is 4. The summed E-state index contributed by atoms with van der Waals surface area (Å²) in [5.41, 5.74) is 3.61. The molecule has 5 nitrogen and oxygen atoms in total. The number of hydrogen-bond donors (Lipinski definition) is 1. The lowest BCUT2D eigenvalue weighted by Crippen LogP contribution is -2.40. The zero-order valence-corrected chi connectivity index (χ0v) is 24.7. The van der Waals surface area contributed by atoms with Crippen LogP contribution in [-0.2, 0) is 22.7 Å². The van der Waals surface area contributed by atoms with Crippen molar-refractivity contribution in [3.63, 3.8) is 0 Å². The fourth-order valence-corrected chi connectivity index (χ4v) is 5.24. The van der Waals surface area contributed by atoms with Crippen molar-refractivity contribution in [2.45, 2.75) is 51.4 Å². The summed E-state index contributed by atoms with van der Waals surface area (Å²) < 4.78 is 24.2. The first-order valence-corrected chi connectivity index (χ1v) is 14.6. The van der Waals surface area contributed by atoms with E-state index in [1.54, 1.807) is 0 Å². The minimum absolute atomic E-state index is 0. The molecule has 2 unspecified atom stereocenters. The van der Waals surface area contributed by atoms with Crippen LogP contribution in [0.15, 0.2) is 91.0 Å². The largest absolute Gasteiger partial charge is 0.494 e. The average Bonchev–Trinajstić information content (AvgIpc) is 3.01. The molecule has 1 heterocycles. The fourth-order valence-electron chi connectivity index (χ4n) is 5.24. The van der Waals surface area contributed by atoms with Gasteiger partial charge in [-0.15, -0.1) is 12.4 Å². The van der Waals surface area contributed by atoms with Gasteiger partial charge in [-0.1, -0.05) is 73.7 Å².